The van der Waals surface area contributed by atoms with Crippen molar-refractivity contribution in [1.82, 2.24) is 9.88 Å². The SMILES string of the molecule is CCCCN(C)C(=O)c1cccc(Nc2nccs2)c1. The third kappa shape index (κ3) is 3.81. The van der Waals surface area contributed by atoms with Crippen molar-refractivity contribution in [3.8, 4) is 0 Å². The van der Waals surface area contributed by atoms with Gasteiger partial charge in [-0.25, -0.2) is 4.98 Å². The molecule has 4 nitrogen and oxygen atoms in total. The van der Waals surface area contributed by atoms with Crippen LogP contribution in [0.2, 0.25) is 0 Å². The first kappa shape index (κ1) is 14.5. The van der Waals surface area contributed by atoms with Gasteiger partial charge in [-0.2, -0.15) is 0 Å². The van der Waals surface area contributed by atoms with E-state index in [1.807, 2.05) is 36.7 Å². The van der Waals surface area contributed by atoms with Crippen molar-refractivity contribution in [2.75, 3.05) is 18.9 Å². The summed E-state index contributed by atoms with van der Waals surface area (Å²) >= 11 is 1.53. The fraction of sp³-hybridized carbons (Fsp3) is 0.333. The van der Waals surface area contributed by atoms with E-state index >= 15 is 0 Å². The maximum Gasteiger partial charge on any atom is 0.253 e. The number of hydrogen-bond acceptors (Lipinski definition) is 4. The molecule has 1 N–H and O–H groups in total. The van der Waals surface area contributed by atoms with E-state index < -0.39 is 0 Å². The smallest absolute Gasteiger partial charge is 0.253 e. The van der Waals surface area contributed by atoms with Gasteiger partial charge in [0.05, 0.1) is 0 Å². The first-order chi connectivity index (χ1) is 9.70. The molecule has 0 aliphatic carbocycles. The Kier molecular flexibility index (Phi) is 5.12. The Hall–Kier alpha value is -1.88. The lowest BCUT2D eigenvalue weighted by atomic mass is 10.1. The lowest BCUT2D eigenvalue weighted by molar-refractivity contribution is 0.0793. The Balaban J connectivity index is 2.07. The van der Waals surface area contributed by atoms with Crippen molar-refractivity contribution in [2.24, 2.45) is 0 Å². The lowest BCUT2D eigenvalue weighted by Gasteiger charge is -2.17. The van der Waals surface area contributed by atoms with Crippen LogP contribution in [0.15, 0.2) is 35.8 Å². The molecule has 0 aliphatic rings. The molecule has 0 unspecified atom stereocenters. The quantitative estimate of drug-likeness (QED) is 0.880. The van der Waals surface area contributed by atoms with E-state index in [4.69, 9.17) is 0 Å². The molecule has 20 heavy (non-hydrogen) atoms. The molecule has 0 bridgehead atoms. The molecule has 2 aromatic rings. The van der Waals surface area contributed by atoms with Crippen LogP contribution in [0.1, 0.15) is 30.1 Å². The minimum absolute atomic E-state index is 0.0567. The van der Waals surface area contributed by atoms with E-state index in [1.54, 1.807) is 11.1 Å². The zero-order chi connectivity index (χ0) is 14.4. The molecule has 2 rings (SSSR count). The molecule has 106 valence electrons. The lowest BCUT2D eigenvalue weighted by Crippen LogP contribution is -2.27. The highest BCUT2D eigenvalue weighted by Crippen LogP contribution is 2.20. The summed E-state index contributed by atoms with van der Waals surface area (Å²) in [4.78, 5) is 18.2. The Morgan fingerprint density at radius 1 is 1.45 bits per heavy atom. The first-order valence-electron chi connectivity index (χ1n) is 6.72. The standard InChI is InChI=1S/C15H19N3OS/c1-3-4-9-18(2)14(19)12-6-5-7-13(11-12)17-15-16-8-10-20-15/h5-8,10-11H,3-4,9H2,1-2H3,(H,16,17). The molecular formula is C15H19N3OS. The van der Waals surface area contributed by atoms with Crippen LogP contribution in [0.3, 0.4) is 0 Å². The van der Waals surface area contributed by atoms with E-state index in [0.29, 0.717) is 5.56 Å². The van der Waals surface area contributed by atoms with Crippen LogP contribution in [0.4, 0.5) is 10.8 Å². The Morgan fingerprint density at radius 2 is 2.30 bits per heavy atom. The number of carbonyl (C=O) groups is 1. The number of rotatable bonds is 6. The first-order valence-corrected chi connectivity index (χ1v) is 7.60. The van der Waals surface area contributed by atoms with Gasteiger partial charge in [0.15, 0.2) is 5.13 Å². The van der Waals surface area contributed by atoms with Crippen LogP contribution in [0, 0.1) is 0 Å². The second-order valence-electron chi connectivity index (χ2n) is 4.62. The molecule has 0 atom stereocenters. The molecule has 0 radical (unpaired) electrons. The molecule has 0 fully saturated rings. The zero-order valence-electron chi connectivity index (χ0n) is 11.8. The third-order valence-corrected chi connectivity index (χ3v) is 3.68. The average molecular weight is 289 g/mol. The molecule has 0 saturated heterocycles. The minimum Gasteiger partial charge on any atom is -0.342 e. The maximum absolute atomic E-state index is 12.3. The van der Waals surface area contributed by atoms with Crippen LogP contribution in [0.5, 0.6) is 0 Å². The summed E-state index contributed by atoms with van der Waals surface area (Å²) in [5, 5.41) is 5.94. The zero-order valence-corrected chi connectivity index (χ0v) is 12.6. The van der Waals surface area contributed by atoms with Crippen molar-refractivity contribution in [1.29, 1.82) is 0 Å². The molecule has 0 spiro atoms. The van der Waals surface area contributed by atoms with Gasteiger partial charge >= 0.3 is 0 Å². The Labute approximate surface area is 123 Å². The number of aromatic nitrogens is 1. The van der Waals surface area contributed by atoms with Crippen LogP contribution in [0.25, 0.3) is 0 Å². The van der Waals surface area contributed by atoms with E-state index in [1.165, 1.54) is 11.3 Å². The topological polar surface area (TPSA) is 45.2 Å². The van der Waals surface area contributed by atoms with Gasteiger partial charge in [-0.15, -0.1) is 11.3 Å². The number of carbonyl (C=O) groups excluding carboxylic acids is 1. The highest BCUT2D eigenvalue weighted by Gasteiger charge is 2.11. The van der Waals surface area contributed by atoms with Crippen LogP contribution < -0.4 is 5.32 Å². The highest BCUT2D eigenvalue weighted by molar-refractivity contribution is 7.13. The minimum atomic E-state index is 0.0567. The molecule has 1 aromatic carbocycles. The molecule has 0 aliphatic heterocycles. The van der Waals surface area contributed by atoms with E-state index in [-0.39, 0.29) is 5.91 Å². The number of hydrogen-bond donors (Lipinski definition) is 1. The summed E-state index contributed by atoms with van der Waals surface area (Å²) in [6.45, 7) is 2.91. The van der Waals surface area contributed by atoms with Gasteiger partial charge in [0.25, 0.3) is 5.91 Å². The number of unbranched alkanes of at least 4 members (excludes halogenated alkanes) is 1. The van der Waals surface area contributed by atoms with Gasteiger partial charge in [0.2, 0.25) is 0 Å². The van der Waals surface area contributed by atoms with Crippen molar-refractivity contribution < 1.29 is 4.79 Å². The van der Waals surface area contributed by atoms with Gasteiger partial charge in [-0.3, -0.25) is 4.79 Å². The largest absolute Gasteiger partial charge is 0.342 e. The Morgan fingerprint density at radius 3 is 3.00 bits per heavy atom. The van der Waals surface area contributed by atoms with Crippen molar-refractivity contribution in [3.05, 3.63) is 41.4 Å². The van der Waals surface area contributed by atoms with Crippen LogP contribution >= 0.6 is 11.3 Å². The molecular weight excluding hydrogens is 270 g/mol. The third-order valence-electron chi connectivity index (χ3n) is 2.99. The van der Waals surface area contributed by atoms with Gasteiger partial charge in [0, 0.05) is 36.4 Å². The van der Waals surface area contributed by atoms with Crippen LogP contribution in [-0.4, -0.2) is 29.4 Å². The van der Waals surface area contributed by atoms with E-state index in [9.17, 15) is 4.79 Å². The van der Waals surface area contributed by atoms with Gasteiger partial charge in [-0.1, -0.05) is 19.4 Å². The van der Waals surface area contributed by atoms with Gasteiger partial charge in [0.1, 0.15) is 0 Å². The number of nitrogens with zero attached hydrogens (tertiary/aromatic N) is 2. The van der Waals surface area contributed by atoms with E-state index in [0.717, 1.165) is 30.2 Å². The molecule has 0 saturated carbocycles. The number of benzene rings is 1. The second-order valence-corrected chi connectivity index (χ2v) is 5.52. The molecule has 1 heterocycles. The number of nitrogens with one attached hydrogen (secondary N) is 1. The summed E-state index contributed by atoms with van der Waals surface area (Å²) in [6.07, 6.45) is 3.86. The highest BCUT2D eigenvalue weighted by atomic mass is 32.1. The maximum atomic E-state index is 12.3. The molecule has 5 heteroatoms. The number of thiazole rings is 1. The summed E-state index contributed by atoms with van der Waals surface area (Å²) in [7, 11) is 1.85. The molecule has 1 amide bonds. The van der Waals surface area contributed by atoms with Crippen molar-refractivity contribution in [3.63, 3.8) is 0 Å². The van der Waals surface area contributed by atoms with Crippen molar-refractivity contribution >= 4 is 28.1 Å². The summed E-state index contributed by atoms with van der Waals surface area (Å²) in [5.41, 5.74) is 1.58. The molecule has 1 aromatic heterocycles. The Bertz CT molecular complexity index is 554. The summed E-state index contributed by atoms with van der Waals surface area (Å²) in [6, 6.07) is 7.53. The predicted molar refractivity (Wildman–Crippen MR) is 83.7 cm³/mol. The average Bonchev–Trinajstić information content (AvgIpc) is 2.97. The number of anilines is 2. The fourth-order valence-electron chi connectivity index (χ4n) is 1.86. The monoisotopic (exact) mass is 289 g/mol. The predicted octanol–water partition coefficient (Wildman–Crippen LogP) is 3.76. The summed E-state index contributed by atoms with van der Waals surface area (Å²) < 4.78 is 0. The van der Waals surface area contributed by atoms with Gasteiger partial charge < -0.3 is 10.2 Å². The van der Waals surface area contributed by atoms with Crippen LogP contribution in [-0.2, 0) is 0 Å². The summed E-state index contributed by atoms with van der Waals surface area (Å²) in [5.74, 6) is 0.0567. The normalized spacial score (nSPS) is 10.3. The second kappa shape index (κ2) is 7.05. The van der Waals surface area contributed by atoms with Gasteiger partial charge in [-0.05, 0) is 24.6 Å². The van der Waals surface area contributed by atoms with Crippen molar-refractivity contribution in [2.45, 2.75) is 19.8 Å². The van der Waals surface area contributed by atoms with E-state index in [2.05, 4.69) is 17.2 Å². The fourth-order valence-corrected chi connectivity index (χ4v) is 2.40. The number of amides is 1.